The van der Waals surface area contributed by atoms with Crippen LogP contribution >= 0.6 is 27.7 Å². The molecule has 21 heavy (non-hydrogen) atoms. The van der Waals surface area contributed by atoms with Crippen LogP contribution in [-0.2, 0) is 12.2 Å². The molecule has 1 N–H and O–H groups in total. The molecule has 0 fully saturated rings. The van der Waals surface area contributed by atoms with Crippen LogP contribution in [0.2, 0.25) is 0 Å². The lowest BCUT2D eigenvalue weighted by atomic mass is 10.1. The van der Waals surface area contributed by atoms with Crippen molar-refractivity contribution in [1.29, 1.82) is 0 Å². The van der Waals surface area contributed by atoms with Crippen molar-refractivity contribution in [3.8, 4) is 0 Å². The number of likely N-dealkylation sites (N-methyl/N-ethyl adjacent to an activating group) is 1. The van der Waals surface area contributed by atoms with Crippen molar-refractivity contribution in [1.82, 2.24) is 15.3 Å². The normalized spacial score (nSPS) is 10.9. The Hall–Kier alpha value is -0.910. The van der Waals surface area contributed by atoms with E-state index in [2.05, 4.69) is 57.2 Å². The van der Waals surface area contributed by atoms with E-state index in [1.54, 1.807) is 11.8 Å². The van der Waals surface area contributed by atoms with E-state index in [1.807, 2.05) is 19.2 Å². The number of rotatable bonds is 6. The van der Waals surface area contributed by atoms with E-state index < -0.39 is 0 Å². The van der Waals surface area contributed by atoms with Gasteiger partial charge in [0.2, 0.25) is 0 Å². The Bertz CT molecular complexity index is 593. The summed E-state index contributed by atoms with van der Waals surface area (Å²) in [5.41, 5.74) is 3.46. The van der Waals surface area contributed by atoms with Gasteiger partial charge in [-0.1, -0.05) is 22.0 Å². The van der Waals surface area contributed by atoms with Gasteiger partial charge in [0.15, 0.2) is 0 Å². The zero-order chi connectivity index (χ0) is 15.2. The van der Waals surface area contributed by atoms with Gasteiger partial charge in [0.05, 0.1) is 5.75 Å². The molecule has 0 bridgehead atoms. The van der Waals surface area contributed by atoms with Gasteiger partial charge in [-0.25, -0.2) is 9.97 Å². The molecular formula is C16H20BrN3S. The maximum atomic E-state index is 4.65. The Kier molecular flexibility index (Phi) is 6.21. The first-order valence-electron chi connectivity index (χ1n) is 6.96. The number of thioether (sulfide) groups is 1. The molecule has 1 aromatic carbocycles. The molecule has 0 saturated carbocycles. The van der Waals surface area contributed by atoms with Gasteiger partial charge in [-0.05, 0) is 57.6 Å². The summed E-state index contributed by atoms with van der Waals surface area (Å²) in [4.78, 5) is 10.5. The predicted molar refractivity (Wildman–Crippen MR) is 92.8 cm³/mol. The molecule has 1 heterocycles. The number of hydrogen-bond acceptors (Lipinski definition) is 4. The molecule has 2 rings (SSSR count). The van der Waals surface area contributed by atoms with Crippen molar-refractivity contribution >= 4 is 27.7 Å². The van der Waals surface area contributed by atoms with Crippen molar-refractivity contribution in [2.45, 2.75) is 30.9 Å². The summed E-state index contributed by atoms with van der Waals surface area (Å²) in [6.45, 7) is 5.11. The molecule has 2 aromatic rings. The molecule has 0 aliphatic carbocycles. The molecule has 0 saturated heterocycles. The highest BCUT2D eigenvalue weighted by atomic mass is 79.9. The van der Waals surface area contributed by atoms with Crippen LogP contribution in [-0.4, -0.2) is 23.6 Å². The lowest BCUT2D eigenvalue weighted by Crippen LogP contribution is -2.14. The van der Waals surface area contributed by atoms with Gasteiger partial charge in [-0.15, -0.1) is 11.8 Å². The summed E-state index contributed by atoms with van der Waals surface area (Å²) >= 11 is 5.26. The first kappa shape index (κ1) is 16.5. The Balaban J connectivity index is 2.07. The number of hydrogen-bond donors (Lipinski definition) is 1. The van der Waals surface area contributed by atoms with Gasteiger partial charge in [-0.2, -0.15) is 0 Å². The highest BCUT2D eigenvalue weighted by Gasteiger charge is 2.08. The van der Waals surface area contributed by atoms with Crippen LogP contribution in [0.25, 0.3) is 0 Å². The average molecular weight is 366 g/mol. The molecule has 5 heteroatoms. The summed E-state index contributed by atoms with van der Waals surface area (Å²) in [7, 11) is 1.97. The minimum Gasteiger partial charge on any atom is -0.319 e. The van der Waals surface area contributed by atoms with Crippen LogP contribution < -0.4 is 5.32 Å². The SMILES string of the molecule is CNCCc1c(C)nc(CSc2cccc(Br)c2)nc1C. The lowest BCUT2D eigenvalue weighted by molar-refractivity contribution is 0.769. The number of aromatic nitrogens is 2. The second kappa shape index (κ2) is 7.92. The van der Waals surface area contributed by atoms with Crippen molar-refractivity contribution in [3.05, 3.63) is 51.5 Å². The van der Waals surface area contributed by atoms with Crippen molar-refractivity contribution in [2.24, 2.45) is 0 Å². The molecule has 1 aromatic heterocycles. The van der Waals surface area contributed by atoms with Crippen LogP contribution in [0, 0.1) is 13.8 Å². The van der Waals surface area contributed by atoms with Crippen LogP contribution in [0.15, 0.2) is 33.6 Å². The highest BCUT2D eigenvalue weighted by molar-refractivity contribution is 9.10. The number of nitrogens with zero attached hydrogens (tertiary/aromatic N) is 2. The minimum atomic E-state index is 0.796. The summed E-state index contributed by atoms with van der Waals surface area (Å²) in [5.74, 6) is 1.70. The number of halogens is 1. The topological polar surface area (TPSA) is 37.8 Å². The molecule has 0 aliphatic heterocycles. The zero-order valence-corrected chi connectivity index (χ0v) is 15.0. The molecule has 0 spiro atoms. The van der Waals surface area contributed by atoms with Crippen LogP contribution in [0.5, 0.6) is 0 Å². The third-order valence-electron chi connectivity index (χ3n) is 3.26. The quantitative estimate of drug-likeness (QED) is 0.787. The molecule has 0 radical (unpaired) electrons. The minimum absolute atomic E-state index is 0.796. The van der Waals surface area contributed by atoms with E-state index in [0.717, 1.165) is 40.4 Å². The van der Waals surface area contributed by atoms with Crippen LogP contribution in [0.1, 0.15) is 22.8 Å². The third-order valence-corrected chi connectivity index (χ3v) is 4.74. The van der Waals surface area contributed by atoms with Gasteiger partial charge in [-0.3, -0.25) is 0 Å². The van der Waals surface area contributed by atoms with E-state index in [1.165, 1.54) is 10.5 Å². The molecule has 0 atom stereocenters. The van der Waals surface area contributed by atoms with E-state index in [0.29, 0.717) is 0 Å². The average Bonchev–Trinajstić information content (AvgIpc) is 2.44. The standard InChI is InChI=1S/C16H20BrN3S/c1-11-15(7-8-18-3)12(2)20-16(19-11)10-21-14-6-4-5-13(17)9-14/h4-6,9,18H,7-8,10H2,1-3H3. The summed E-state index contributed by atoms with van der Waals surface area (Å²) in [5, 5.41) is 3.17. The molecular weight excluding hydrogens is 346 g/mol. The number of benzene rings is 1. The lowest BCUT2D eigenvalue weighted by Gasteiger charge is -2.10. The zero-order valence-electron chi connectivity index (χ0n) is 12.6. The van der Waals surface area contributed by atoms with Gasteiger partial charge < -0.3 is 5.32 Å². The largest absolute Gasteiger partial charge is 0.319 e. The van der Waals surface area contributed by atoms with E-state index >= 15 is 0 Å². The second-order valence-corrected chi connectivity index (χ2v) is 6.85. The Morgan fingerprint density at radius 1 is 1.19 bits per heavy atom. The predicted octanol–water partition coefficient (Wildman–Crippen LogP) is 3.91. The number of aryl methyl sites for hydroxylation is 2. The molecule has 0 aliphatic rings. The fourth-order valence-electron chi connectivity index (χ4n) is 2.19. The van der Waals surface area contributed by atoms with E-state index in [9.17, 15) is 0 Å². The molecule has 0 unspecified atom stereocenters. The van der Waals surface area contributed by atoms with Gasteiger partial charge >= 0.3 is 0 Å². The summed E-state index contributed by atoms with van der Waals surface area (Å²) < 4.78 is 1.10. The van der Waals surface area contributed by atoms with Crippen molar-refractivity contribution < 1.29 is 0 Å². The highest BCUT2D eigenvalue weighted by Crippen LogP contribution is 2.25. The van der Waals surface area contributed by atoms with Gasteiger partial charge in [0.1, 0.15) is 5.82 Å². The van der Waals surface area contributed by atoms with E-state index in [4.69, 9.17) is 0 Å². The molecule has 3 nitrogen and oxygen atoms in total. The Morgan fingerprint density at radius 2 is 1.90 bits per heavy atom. The summed E-state index contributed by atoms with van der Waals surface area (Å²) in [6.07, 6.45) is 0.979. The van der Waals surface area contributed by atoms with Crippen molar-refractivity contribution in [2.75, 3.05) is 13.6 Å². The van der Waals surface area contributed by atoms with Gasteiger partial charge in [0.25, 0.3) is 0 Å². The third kappa shape index (κ3) is 4.80. The first-order valence-corrected chi connectivity index (χ1v) is 8.74. The first-order chi connectivity index (χ1) is 10.1. The monoisotopic (exact) mass is 365 g/mol. The summed E-state index contributed by atoms with van der Waals surface area (Å²) in [6, 6.07) is 8.30. The fourth-order valence-corrected chi connectivity index (χ4v) is 3.55. The van der Waals surface area contributed by atoms with Crippen LogP contribution in [0.3, 0.4) is 0 Å². The second-order valence-electron chi connectivity index (χ2n) is 4.89. The van der Waals surface area contributed by atoms with E-state index in [-0.39, 0.29) is 0 Å². The molecule has 0 amide bonds. The smallest absolute Gasteiger partial charge is 0.139 e. The number of nitrogens with one attached hydrogen (secondary N) is 1. The van der Waals surface area contributed by atoms with Gasteiger partial charge in [0, 0.05) is 20.8 Å². The Labute approximate surface area is 139 Å². The molecule has 112 valence electrons. The Morgan fingerprint density at radius 3 is 2.52 bits per heavy atom. The maximum Gasteiger partial charge on any atom is 0.139 e. The fraction of sp³-hybridized carbons (Fsp3) is 0.375. The maximum absolute atomic E-state index is 4.65. The van der Waals surface area contributed by atoms with Crippen LogP contribution in [0.4, 0.5) is 0 Å². The van der Waals surface area contributed by atoms with Crippen molar-refractivity contribution in [3.63, 3.8) is 0 Å².